The van der Waals surface area contributed by atoms with E-state index < -0.39 is 0 Å². The first-order valence-electron chi connectivity index (χ1n) is 6.86. The molecule has 0 aromatic heterocycles. The van der Waals surface area contributed by atoms with Crippen molar-refractivity contribution in [3.8, 4) is 0 Å². The summed E-state index contributed by atoms with van der Waals surface area (Å²) in [7, 11) is 0. The fourth-order valence-corrected chi connectivity index (χ4v) is 2.14. The van der Waals surface area contributed by atoms with E-state index in [4.69, 9.17) is 0 Å². The van der Waals surface area contributed by atoms with Gasteiger partial charge in [0.05, 0.1) is 0 Å². The molecule has 0 amide bonds. The third-order valence-corrected chi connectivity index (χ3v) is 3.15. The molecule has 15 heavy (non-hydrogen) atoms. The molecule has 0 spiro atoms. The van der Waals surface area contributed by atoms with Crippen molar-refractivity contribution in [2.75, 3.05) is 13.1 Å². The number of hydrogen-bond donors (Lipinski definition) is 1. The van der Waals surface area contributed by atoms with Gasteiger partial charge >= 0.3 is 0 Å². The first-order valence-corrected chi connectivity index (χ1v) is 6.86. The van der Waals surface area contributed by atoms with Crippen LogP contribution in [0.25, 0.3) is 0 Å². The smallest absolute Gasteiger partial charge is 0.0134 e. The third-order valence-electron chi connectivity index (χ3n) is 3.15. The number of allylic oxidation sites excluding steroid dienone is 1. The van der Waals surface area contributed by atoms with Gasteiger partial charge in [-0.1, -0.05) is 57.1 Å². The Balaban J connectivity index is 2.08. The first kappa shape index (κ1) is 12.8. The minimum Gasteiger partial charge on any atom is -0.313 e. The van der Waals surface area contributed by atoms with Crippen LogP contribution in [0.4, 0.5) is 0 Å². The number of rotatable bonds is 0. The Bertz CT molecular complexity index is 135. The highest BCUT2D eigenvalue weighted by atomic mass is 14.8. The second kappa shape index (κ2) is 10.2. The summed E-state index contributed by atoms with van der Waals surface area (Å²) in [6.45, 7) is 2.27. The maximum atomic E-state index is 3.47. The highest BCUT2D eigenvalue weighted by molar-refractivity contribution is 4.83. The topological polar surface area (TPSA) is 12.0 Å². The molecule has 0 aromatic carbocycles. The fraction of sp³-hybridized carbons (Fsp3) is 0.857. The van der Waals surface area contributed by atoms with Crippen molar-refractivity contribution in [2.45, 2.75) is 64.2 Å². The summed E-state index contributed by atoms with van der Waals surface area (Å²) in [4.78, 5) is 0. The van der Waals surface area contributed by atoms with E-state index in [0.717, 1.165) is 6.54 Å². The molecular formula is C14H27N. The van der Waals surface area contributed by atoms with Crippen LogP contribution in [0.5, 0.6) is 0 Å². The summed E-state index contributed by atoms with van der Waals surface area (Å²) in [6.07, 6.45) is 18.8. The minimum absolute atomic E-state index is 1.07. The first-order chi connectivity index (χ1) is 7.50. The van der Waals surface area contributed by atoms with Crippen molar-refractivity contribution >= 4 is 0 Å². The number of nitrogens with one attached hydrogen (secondary N) is 1. The van der Waals surface area contributed by atoms with Gasteiger partial charge in [0.1, 0.15) is 0 Å². The van der Waals surface area contributed by atoms with Crippen molar-refractivity contribution < 1.29 is 0 Å². The molecular weight excluding hydrogens is 182 g/mol. The molecule has 0 unspecified atom stereocenters. The molecule has 0 aliphatic carbocycles. The minimum atomic E-state index is 1.07. The lowest BCUT2D eigenvalue weighted by molar-refractivity contribution is 0.553. The molecule has 0 aromatic rings. The van der Waals surface area contributed by atoms with E-state index in [9.17, 15) is 0 Å². The molecule has 1 N–H and O–H groups in total. The number of hydrogen-bond acceptors (Lipinski definition) is 1. The molecule has 1 aliphatic heterocycles. The van der Waals surface area contributed by atoms with Crippen LogP contribution in [0.1, 0.15) is 64.2 Å². The van der Waals surface area contributed by atoms with Crippen LogP contribution in [0, 0.1) is 0 Å². The van der Waals surface area contributed by atoms with E-state index >= 15 is 0 Å². The second-order valence-corrected chi connectivity index (χ2v) is 4.65. The standard InChI is InChI=1S/C14H27N/c1-2-4-6-8-10-12-14-15-13-11-9-7-5-3-1/h9,11,15H,1-8,10,12-14H2. The van der Waals surface area contributed by atoms with Crippen LogP contribution in [-0.2, 0) is 0 Å². The molecule has 0 fully saturated rings. The zero-order valence-corrected chi connectivity index (χ0v) is 10.1. The lowest BCUT2D eigenvalue weighted by Crippen LogP contribution is -2.14. The van der Waals surface area contributed by atoms with Crippen molar-refractivity contribution in [3.63, 3.8) is 0 Å². The van der Waals surface area contributed by atoms with Crippen LogP contribution in [0.3, 0.4) is 0 Å². The molecule has 1 aliphatic rings. The highest BCUT2D eigenvalue weighted by Gasteiger charge is 1.93. The summed E-state index contributed by atoms with van der Waals surface area (Å²) in [6, 6.07) is 0. The summed E-state index contributed by atoms with van der Waals surface area (Å²) < 4.78 is 0. The van der Waals surface area contributed by atoms with Gasteiger partial charge in [-0.15, -0.1) is 0 Å². The van der Waals surface area contributed by atoms with Gasteiger partial charge in [-0.2, -0.15) is 0 Å². The summed E-state index contributed by atoms with van der Waals surface area (Å²) in [5.41, 5.74) is 0. The monoisotopic (exact) mass is 209 g/mol. The molecule has 0 saturated carbocycles. The van der Waals surface area contributed by atoms with Crippen molar-refractivity contribution in [2.24, 2.45) is 0 Å². The van der Waals surface area contributed by atoms with E-state index in [2.05, 4.69) is 17.5 Å². The van der Waals surface area contributed by atoms with Crippen LogP contribution >= 0.6 is 0 Å². The van der Waals surface area contributed by atoms with Gasteiger partial charge in [-0.05, 0) is 25.8 Å². The van der Waals surface area contributed by atoms with Gasteiger partial charge in [-0.25, -0.2) is 0 Å². The van der Waals surface area contributed by atoms with Gasteiger partial charge < -0.3 is 5.32 Å². The molecule has 0 radical (unpaired) electrons. The second-order valence-electron chi connectivity index (χ2n) is 4.65. The van der Waals surface area contributed by atoms with E-state index in [1.165, 1.54) is 70.8 Å². The summed E-state index contributed by atoms with van der Waals surface area (Å²) in [5.74, 6) is 0. The third kappa shape index (κ3) is 8.68. The zero-order chi connectivity index (χ0) is 10.6. The van der Waals surface area contributed by atoms with Gasteiger partial charge in [0.2, 0.25) is 0 Å². The Kier molecular flexibility index (Phi) is 8.70. The van der Waals surface area contributed by atoms with Crippen molar-refractivity contribution in [1.82, 2.24) is 5.32 Å². The normalized spacial score (nSPS) is 22.9. The van der Waals surface area contributed by atoms with E-state index in [1.807, 2.05) is 0 Å². The molecule has 0 bridgehead atoms. The van der Waals surface area contributed by atoms with Crippen LogP contribution in [0.2, 0.25) is 0 Å². The van der Waals surface area contributed by atoms with Gasteiger partial charge in [0.25, 0.3) is 0 Å². The lowest BCUT2D eigenvalue weighted by Gasteiger charge is -2.02. The average molecular weight is 209 g/mol. The predicted octanol–water partition coefficient (Wildman–Crippen LogP) is 4.05. The lowest BCUT2D eigenvalue weighted by atomic mass is 10.1. The van der Waals surface area contributed by atoms with Crippen LogP contribution < -0.4 is 5.32 Å². The summed E-state index contributed by atoms with van der Waals surface area (Å²) in [5, 5.41) is 3.47. The molecule has 1 heterocycles. The fourth-order valence-electron chi connectivity index (χ4n) is 2.14. The SMILES string of the molecule is C1=CCNCCCCCCCCCCC1. The Hall–Kier alpha value is -0.300. The molecule has 0 atom stereocenters. The van der Waals surface area contributed by atoms with E-state index in [1.54, 1.807) is 0 Å². The highest BCUT2D eigenvalue weighted by Crippen LogP contribution is 2.10. The van der Waals surface area contributed by atoms with E-state index in [0.29, 0.717) is 0 Å². The Labute approximate surface area is 95.3 Å². The molecule has 1 heteroatoms. The Morgan fingerprint density at radius 2 is 1.20 bits per heavy atom. The van der Waals surface area contributed by atoms with Crippen molar-refractivity contribution in [1.29, 1.82) is 0 Å². The van der Waals surface area contributed by atoms with E-state index in [-0.39, 0.29) is 0 Å². The Morgan fingerprint density at radius 3 is 1.93 bits per heavy atom. The molecule has 1 rings (SSSR count). The zero-order valence-electron chi connectivity index (χ0n) is 10.1. The van der Waals surface area contributed by atoms with Crippen LogP contribution in [0.15, 0.2) is 12.2 Å². The Morgan fingerprint density at radius 1 is 0.600 bits per heavy atom. The predicted molar refractivity (Wildman–Crippen MR) is 68.2 cm³/mol. The molecule has 1 nitrogen and oxygen atoms in total. The van der Waals surface area contributed by atoms with Gasteiger partial charge in [0.15, 0.2) is 0 Å². The molecule has 88 valence electrons. The van der Waals surface area contributed by atoms with Crippen LogP contribution in [-0.4, -0.2) is 13.1 Å². The quantitative estimate of drug-likeness (QED) is 0.594. The van der Waals surface area contributed by atoms with Crippen molar-refractivity contribution in [3.05, 3.63) is 12.2 Å². The molecule has 0 saturated heterocycles. The van der Waals surface area contributed by atoms with Gasteiger partial charge in [-0.3, -0.25) is 0 Å². The van der Waals surface area contributed by atoms with Gasteiger partial charge in [0, 0.05) is 6.54 Å². The average Bonchev–Trinajstić information content (AvgIpc) is 2.27. The largest absolute Gasteiger partial charge is 0.313 e. The summed E-state index contributed by atoms with van der Waals surface area (Å²) >= 11 is 0. The maximum Gasteiger partial charge on any atom is 0.0134 e. The maximum absolute atomic E-state index is 3.47.